The van der Waals surface area contributed by atoms with Gasteiger partial charge in [-0.1, -0.05) is 129 Å². The Morgan fingerprint density at radius 2 is 1.19 bits per heavy atom. The minimum Gasteiger partial charge on any atom is -0.456 e. The zero-order valence-corrected chi connectivity index (χ0v) is 31.9. The number of nitrogens with zero attached hydrogens (tertiary/aromatic N) is 3. The molecule has 0 amide bonds. The van der Waals surface area contributed by atoms with Crippen LogP contribution in [0.5, 0.6) is 0 Å². The molecule has 0 unspecified atom stereocenters. The van der Waals surface area contributed by atoms with Gasteiger partial charge in [0.25, 0.3) is 0 Å². The highest BCUT2D eigenvalue weighted by molar-refractivity contribution is 6.17. The van der Waals surface area contributed by atoms with Crippen LogP contribution in [-0.2, 0) is 5.41 Å². The molecule has 8 aromatic carbocycles. The van der Waals surface area contributed by atoms with Gasteiger partial charge in [0.2, 0.25) is 0 Å². The topological polar surface area (TPSA) is 55.3 Å². The average molecular weight is 746 g/mol. The zero-order valence-electron chi connectivity index (χ0n) is 31.9. The molecule has 0 saturated heterocycles. The number of aromatic nitrogens is 2. The van der Waals surface area contributed by atoms with Gasteiger partial charge >= 0.3 is 0 Å². The Morgan fingerprint density at radius 3 is 2.03 bits per heavy atom. The summed E-state index contributed by atoms with van der Waals surface area (Å²) in [6, 6.07) is 61.9. The Hall–Kier alpha value is -7.50. The van der Waals surface area contributed by atoms with E-state index in [1.54, 1.807) is 0 Å². The van der Waals surface area contributed by atoms with Crippen molar-refractivity contribution in [1.29, 1.82) is 0 Å². The standard InChI is InChI=1S/C53H35N3O2/c1-53(2)42-23-13-11-21-38(42)39-26-25-37(31-43(39)53)56(36-19-7-4-8-20-36)44-28-35(30-47-48(44)41-27-33-17-9-10-18-34(33)29-46(41)57-47)52-54-49(32-15-5-3-6-16-32)51-50(55-52)40-22-12-14-24-45(40)58-51/h3-31H,1-2H3. The van der Waals surface area contributed by atoms with E-state index in [2.05, 4.69) is 158 Å². The summed E-state index contributed by atoms with van der Waals surface area (Å²) in [6.45, 7) is 4.67. The summed E-state index contributed by atoms with van der Waals surface area (Å²) in [5.74, 6) is 0.588. The first kappa shape index (κ1) is 32.7. The van der Waals surface area contributed by atoms with Crippen molar-refractivity contribution in [2.75, 3.05) is 4.90 Å². The first-order valence-electron chi connectivity index (χ1n) is 19.7. The van der Waals surface area contributed by atoms with Crippen LogP contribution in [0.25, 0.3) is 88.6 Å². The fourth-order valence-electron chi connectivity index (χ4n) is 9.22. The Morgan fingerprint density at radius 1 is 0.483 bits per heavy atom. The molecule has 0 saturated carbocycles. The monoisotopic (exact) mass is 745 g/mol. The van der Waals surface area contributed by atoms with Crippen LogP contribution in [-0.4, -0.2) is 9.97 Å². The van der Waals surface area contributed by atoms with Crippen LogP contribution < -0.4 is 4.90 Å². The van der Waals surface area contributed by atoms with E-state index < -0.39 is 0 Å². The van der Waals surface area contributed by atoms with Crippen molar-refractivity contribution >= 4 is 71.8 Å². The molecule has 0 radical (unpaired) electrons. The lowest BCUT2D eigenvalue weighted by Crippen LogP contribution is -2.16. The number of furan rings is 2. The number of para-hydroxylation sites is 2. The lowest BCUT2D eigenvalue weighted by Gasteiger charge is -2.29. The van der Waals surface area contributed by atoms with E-state index in [1.807, 2.05) is 36.4 Å². The molecule has 3 aromatic heterocycles. The molecule has 0 fully saturated rings. The summed E-state index contributed by atoms with van der Waals surface area (Å²) in [4.78, 5) is 13.0. The third-order valence-corrected chi connectivity index (χ3v) is 12.0. The average Bonchev–Trinajstić information content (AvgIpc) is 3.90. The van der Waals surface area contributed by atoms with Gasteiger partial charge in [0, 0.05) is 38.7 Å². The molecule has 274 valence electrons. The number of fused-ring (bicyclic) bond motifs is 10. The first-order valence-corrected chi connectivity index (χ1v) is 19.7. The molecule has 5 heteroatoms. The van der Waals surface area contributed by atoms with E-state index in [1.165, 1.54) is 22.3 Å². The van der Waals surface area contributed by atoms with E-state index in [0.29, 0.717) is 11.4 Å². The maximum Gasteiger partial charge on any atom is 0.180 e. The first-order chi connectivity index (χ1) is 28.5. The molecule has 58 heavy (non-hydrogen) atoms. The van der Waals surface area contributed by atoms with Crippen molar-refractivity contribution < 1.29 is 8.83 Å². The Labute approximate surface area is 334 Å². The van der Waals surface area contributed by atoms with E-state index in [-0.39, 0.29) is 5.41 Å². The molecule has 1 aliphatic carbocycles. The van der Waals surface area contributed by atoms with Gasteiger partial charge in [-0.2, -0.15) is 0 Å². The molecule has 0 atom stereocenters. The quantitative estimate of drug-likeness (QED) is 0.176. The van der Waals surface area contributed by atoms with Crippen molar-refractivity contribution in [2.45, 2.75) is 19.3 Å². The second-order valence-electron chi connectivity index (χ2n) is 15.8. The van der Waals surface area contributed by atoms with Crippen molar-refractivity contribution in [2.24, 2.45) is 0 Å². The van der Waals surface area contributed by atoms with Crippen LogP contribution in [0, 0.1) is 0 Å². The number of hydrogen-bond acceptors (Lipinski definition) is 5. The maximum atomic E-state index is 6.89. The fraction of sp³-hybridized carbons (Fsp3) is 0.0566. The minimum absolute atomic E-state index is 0.173. The largest absolute Gasteiger partial charge is 0.456 e. The van der Waals surface area contributed by atoms with Crippen LogP contribution in [0.2, 0.25) is 0 Å². The minimum atomic E-state index is -0.173. The van der Waals surface area contributed by atoms with Gasteiger partial charge in [0.15, 0.2) is 11.4 Å². The third kappa shape index (κ3) is 4.83. The second-order valence-corrected chi connectivity index (χ2v) is 15.8. The molecule has 11 aromatic rings. The molecule has 0 spiro atoms. The molecule has 5 nitrogen and oxygen atoms in total. The van der Waals surface area contributed by atoms with Gasteiger partial charge in [-0.15, -0.1) is 0 Å². The molecule has 0 bridgehead atoms. The maximum absolute atomic E-state index is 6.89. The number of benzene rings is 8. The highest BCUT2D eigenvalue weighted by atomic mass is 16.3. The Bertz CT molecular complexity index is 3430. The summed E-state index contributed by atoms with van der Waals surface area (Å²) in [6.07, 6.45) is 0. The summed E-state index contributed by atoms with van der Waals surface area (Å²) in [5, 5.41) is 5.30. The molecule has 3 heterocycles. The van der Waals surface area contributed by atoms with E-state index in [0.717, 1.165) is 83.1 Å². The van der Waals surface area contributed by atoms with Gasteiger partial charge in [0.1, 0.15) is 28.0 Å². The van der Waals surface area contributed by atoms with Crippen molar-refractivity contribution in [1.82, 2.24) is 9.97 Å². The molecular weight excluding hydrogens is 711 g/mol. The number of anilines is 3. The van der Waals surface area contributed by atoms with Crippen LogP contribution in [0.1, 0.15) is 25.0 Å². The Balaban J connectivity index is 1.17. The summed E-state index contributed by atoms with van der Waals surface area (Å²) in [5.41, 5.74) is 14.5. The SMILES string of the molecule is CC1(C)c2ccccc2-c2ccc(N(c3ccccc3)c3cc(-c4nc(-c5ccccc5)c5oc6ccccc6c5n4)cc4oc5cc6ccccc6cc5c34)cc21. The normalized spacial score (nSPS) is 13.1. The predicted molar refractivity (Wildman–Crippen MR) is 237 cm³/mol. The van der Waals surface area contributed by atoms with Gasteiger partial charge in [0.05, 0.1) is 11.1 Å². The van der Waals surface area contributed by atoms with Gasteiger partial charge in [-0.3, -0.25) is 0 Å². The number of hydrogen-bond donors (Lipinski definition) is 0. The lowest BCUT2D eigenvalue weighted by molar-refractivity contribution is 0.660. The molecule has 1 aliphatic rings. The van der Waals surface area contributed by atoms with Crippen LogP contribution in [0.4, 0.5) is 17.1 Å². The van der Waals surface area contributed by atoms with E-state index in [9.17, 15) is 0 Å². The molecular formula is C53H35N3O2. The highest BCUT2D eigenvalue weighted by Gasteiger charge is 2.36. The van der Waals surface area contributed by atoms with E-state index >= 15 is 0 Å². The molecule has 0 aliphatic heterocycles. The smallest absolute Gasteiger partial charge is 0.180 e. The van der Waals surface area contributed by atoms with Crippen LogP contribution in [0.15, 0.2) is 185 Å². The van der Waals surface area contributed by atoms with Gasteiger partial charge < -0.3 is 13.7 Å². The highest BCUT2D eigenvalue weighted by Crippen LogP contribution is 2.52. The summed E-state index contributed by atoms with van der Waals surface area (Å²) >= 11 is 0. The lowest BCUT2D eigenvalue weighted by atomic mass is 9.82. The van der Waals surface area contributed by atoms with Crippen LogP contribution >= 0.6 is 0 Å². The predicted octanol–water partition coefficient (Wildman–Crippen LogP) is 14.5. The number of rotatable bonds is 5. The summed E-state index contributed by atoms with van der Waals surface area (Å²) in [7, 11) is 0. The van der Waals surface area contributed by atoms with Crippen LogP contribution in [0.3, 0.4) is 0 Å². The second kappa shape index (κ2) is 12.2. The van der Waals surface area contributed by atoms with Gasteiger partial charge in [-0.05, 0) is 93.7 Å². The van der Waals surface area contributed by atoms with Crippen molar-refractivity contribution in [3.8, 4) is 33.8 Å². The van der Waals surface area contributed by atoms with Crippen molar-refractivity contribution in [3.63, 3.8) is 0 Å². The molecule has 12 rings (SSSR count). The van der Waals surface area contributed by atoms with Crippen molar-refractivity contribution in [3.05, 3.63) is 187 Å². The summed E-state index contributed by atoms with van der Waals surface area (Å²) < 4.78 is 13.4. The third-order valence-electron chi connectivity index (χ3n) is 12.0. The van der Waals surface area contributed by atoms with Gasteiger partial charge in [-0.25, -0.2) is 9.97 Å². The zero-order chi connectivity index (χ0) is 38.5. The fourth-order valence-corrected chi connectivity index (χ4v) is 9.22. The Kier molecular flexibility index (Phi) is 6.91. The molecule has 0 N–H and O–H groups in total. The van der Waals surface area contributed by atoms with E-state index in [4.69, 9.17) is 18.8 Å².